The van der Waals surface area contributed by atoms with Gasteiger partial charge in [0.15, 0.2) is 5.82 Å². The summed E-state index contributed by atoms with van der Waals surface area (Å²) in [5.41, 5.74) is 6.76. The highest BCUT2D eigenvalue weighted by Gasteiger charge is 2.21. The number of rotatable bonds is 2. The second kappa shape index (κ2) is 4.16. The first-order valence-electron chi connectivity index (χ1n) is 5.96. The van der Waals surface area contributed by atoms with Gasteiger partial charge in [0, 0.05) is 12.2 Å². The lowest BCUT2D eigenvalue weighted by atomic mass is 10.2. The normalized spacial score (nSPS) is 16.5. The minimum absolute atomic E-state index is 0.514. The molecule has 0 unspecified atom stereocenters. The molecular formula is C12H15N5. The van der Waals surface area contributed by atoms with Gasteiger partial charge in [0.05, 0.1) is 5.56 Å². The van der Waals surface area contributed by atoms with Gasteiger partial charge in [-0.05, 0) is 25.0 Å². The molecule has 5 nitrogen and oxygen atoms in total. The van der Waals surface area contributed by atoms with Gasteiger partial charge in [-0.15, -0.1) is 10.2 Å². The number of pyridine rings is 1. The summed E-state index contributed by atoms with van der Waals surface area (Å²) < 4.78 is 2.14. The maximum absolute atomic E-state index is 5.89. The van der Waals surface area contributed by atoms with Crippen LogP contribution in [-0.2, 0) is 0 Å². The molecule has 5 heteroatoms. The Morgan fingerprint density at radius 2 is 2.12 bits per heavy atom. The van der Waals surface area contributed by atoms with Crippen molar-refractivity contribution in [3.8, 4) is 11.4 Å². The van der Waals surface area contributed by atoms with Gasteiger partial charge >= 0.3 is 0 Å². The molecule has 3 rings (SSSR count). The third-order valence-corrected chi connectivity index (χ3v) is 3.37. The fourth-order valence-electron chi connectivity index (χ4n) is 2.49. The van der Waals surface area contributed by atoms with E-state index in [2.05, 4.69) is 19.7 Å². The summed E-state index contributed by atoms with van der Waals surface area (Å²) in [7, 11) is 0. The zero-order chi connectivity index (χ0) is 11.7. The molecule has 1 fully saturated rings. The van der Waals surface area contributed by atoms with Crippen molar-refractivity contribution in [3.05, 3.63) is 24.7 Å². The van der Waals surface area contributed by atoms with E-state index in [1.807, 2.05) is 12.1 Å². The standard InChI is InChI=1S/C12H15N5/c13-11-10(6-3-7-14-11)12-16-15-8-17(12)9-4-1-2-5-9/h3,6-9H,1-2,4-5H2,(H2,13,14). The lowest BCUT2D eigenvalue weighted by molar-refractivity contribution is 0.522. The Balaban J connectivity index is 2.04. The van der Waals surface area contributed by atoms with Gasteiger partial charge in [0.2, 0.25) is 0 Å². The summed E-state index contributed by atoms with van der Waals surface area (Å²) in [5.74, 6) is 1.35. The number of hydrogen-bond donors (Lipinski definition) is 1. The van der Waals surface area contributed by atoms with E-state index in [-0.39, 0.29) is 0 Å². The van der Waals surface area contributed by atoms with Crippen LogP contribution in [0.4, 0.5) is 5.82 Å². The van der Waals surface area contributed by atoms with Crippen molar-refractivity contribution in [1.29, 1.82) is 0 Å². The Kier molecular flexibility index (Phi) is 2.51. The van der Waals surface area contributed by atoms with Gasteiger partial charge in [-0.25, -0.2) is 4.98 Å². The fourth-order valence-corrected chi connectivity index (χ4v) is 2.49. The first-order chi connectivity index (χ1) is 8.36. The second-order valence-electron chi connectivity index (χ2n) is 4.44. The van der Waals surface area contributed by atoms with Crippen LogP contribution in [0.1, 0.15) is 31.7 Å². The molecule has 2 heterocycles. The molecule has 2 N–H and O–H groups in total. The molecule has 2 aromatic rings. The molecule has 0 spiro atoms. The number of nitrogen functional groups attached to an aromatic ring is 1. The average Bonchev–Trinajstić information content (AvgIpc) is 3.00. The van der Waals surface area contributed by atoms with Gasteiger partial charge in [-0.2, -0.15) is 0 Å². The van der Waals surface area contributed by atoms with Crippen molar-refractivity contribution >= 4 is 5.82 Å². The summed E-state index contributed by atoms with van der Waals surface area (Å²) in [6, 6.07) is 4.33. The predicted molar refractivity (Wildman–Crippen MR) is 65.2 cm³/mol. The van der Waals surface area contributed by atoms with Gasteiger partial charge in [0.1, 0.15) is 12.1 Å². The van der Waals surface area contributed by atoms with Crippen molar-refractivity contribution in [3.63, 3.8) is 0 Å². The summed E-state index contributed by atoms with van der Waals surface area (Å²) >= 11 is 0. The van der Waals surface area contributed by atoms with E-state index in [1.165, 1.54) is 25.7 Å². The summed E-state index contributed by atoms with van der Waals surface area (Å²) in [6.07, 6.45) is 8.46. The molecule has 0 bridgehead atoms. The van der Waals surface area contributed by atoms with Crippen molar-refractivity contribution in [2.45, 2.75) is 31.7 Å². The van der Waals surface area contributed by atoms with E-state index in [1.54, 1.807) is 12.5 Å². The van der Waals surface area contributed by atoms with Crippen molar-refractivity contribution in [1.82, 2.24) is 19.7 Å². The summed E-state index contributed by atoms with van der Waals surface area (Å²) in [5, 5.41) is 8.20. The molecule has 0 saturated heterocycles. The maximum Gasteiger partial charge on any atom is 0.167 e. The Bertz CT molecular complexity index is 513. The van der Waals surface area contributed by atoms with Crippen LogP contribution in [-0.4, -0.2) is 19.7 Å². The highest BCUT2D eigenvalue weighted by Crippen LogP contribution is 2.33. The van der Waals surface area contributed by atoms with E-state index in [0.717, 1.165) is 11.4 Å². The van der Waals surface area contributed by atoms with E-state index in [0.29, 0.717) is 11.9 Å². The maximum atomic E-state index is 5.89. The third-order valence-electron chi connectivity index (χ3n) is 3.37. The van der Waals surface area contributed by atoms with Gasteiger partial charge in [0.25, 0.3) is 0 Å². The largest absolute Gasteiger partial charge is 0.383 e. The van der Waals surface area contributed by atoms with Crippen LogP contribution in [0.3, 0.4) is 0 Å². The molecule has 0 radical (unpaired) electrons. The zero-order valence-corrected chi connectivity index (χ0v) is 9.58. The second-order valence-corrected chi connectivity index (χ2v) is 4.44. The molecule has 1 saturated carbocycles. The Labute approximate surface area is 99.7 Å². The lowest BCUT2D eigenvalue weighted by Gasteiger charge is -2.14. The van der Waals surface area contributed by atoms with Crippen LogP contribution < -0.4 is 5.73 Å². The van der Waals surface area contributed by atoms with Crippen LogP contribution >= 0.6 is 0 Å². The smallest absolute Gasteiger partial charge is 0.167 e. The molecule has 1 aliphatic rings. The zero-order valence-electron chi connectivity index (χ0n) is 9.58. The molecule has 2 aromatic heterocycles. The monoisotopic (exact) mass is 229 g/mol. The lowest BCUT2D eigenvalue weighted by Crippen LogP contribution is -2.06. The molecule has 1 aliphatic carbocycles. The molecule has 88 valence electrons. The van der Waals surface area contributed by atoms with Crippen molar-refractivity contribution < 1.29 is 0 Å². The van der Waals surface area contributed by atoms with Crippen molar-refractivity contribution in [2.24, 2.45) is 0 Å². The van der Waals surface area contributed by atoms with Crippen LogP contribution in [0, 0.1) is 0 Å². The number of nitrogens with zero attached hydrogens (tertiary/aromatic N) is 4. The fraction of sp³-hybridized carbons (Fsp3) is 0.417. The number of anilines is 1. The minimum Gasteiger partial charge on any atom is -0.383 e. The van der Waals surface area contributed by atoms with Crippen molar-refractivity contribution in [2.75, 3.05) is 5.73 Å². The van der Waals surface area contributed by atoms with Gasteiger partial charge in [-0.3, -0.25) is 0 Å². The van der Waals surface area contributed by atoms with E-state index >= 15 is 0 Å². The van der Waals surface area contributed by atoms with Gasteiger partial charge in [-0.1, -0.05) is 12.8 Å². The minimum atomic E-state index is 0.514. The van der Waals surface area contributed by atoms with Crippen LogP contribution in [0.5, 0.6) is 0 Å². The molecule has 0 aliphatic heterocycles. The van der Waals surface area contributed by atoms with Crippen LogP contribution in [0.15, 0.2) is 24.7 Å². The SMILES string of the molecule is Nc1ncccc1-c1nncn1C1CCCC1. The summed E-state index contributed by atoms with van der Waals surface area (Å²) in [6.45, 7) is 0. The number of hydrogen-bond acceptors (Lipinski definition) is 4. The predicted octanol–water partition coefficient (Wildman–Crippen LogP) is 2.04. The molecule has 0 atom stereocenters. The van der Waals surface area contributed by atoms with E-state index in [4.69, 9.17) is 5.73 Å². The Hall–Kier alpha value is -1.91. The third kappa shape index (κ3) is 1.77. The first kappa shape index (κ1) is 10.3. The van der Waals surface area contributed by atoms with Gasteiger partial charge < -0.3 is 10.3 Å². The Morgan fingerprint density at radius 1 is 1.29 bits per heavy atom. The molecule has 17 heavy (non-hydrogen) atoms. The Morgan fingerprint density at radius 3 is 2.88 bits per heavy atom. The summed E-state index contributed by atoms with van der Waals surface area (Å²) in [4.78, 5) is 4.10. The number of nitrogens with two attached hydrogens (primary N) is 1. The average molecular weight is 229 g/mol. The van der Waals surface area contributed by atoms with E-state index < -0.39 is 0 Å². The van der Waals surface area contributed by atoms with E-state index in [9.17, 15) is 0 Å². The quantitative estimate of drug-likeness (QED) is 0.855. The highest BCUT2D eigenvalue weighted by atomic mass is 15.3. The topological polar surface area (TPSA) is 69.6 Å². The molecule has 0 amide bonds. The van der Waals surface area contributed by atoms with Crippen LogP contribution in [0.2, 0.25) is 0 Å². The number of aromatic nitrogens is 4. The highest BCUT2D eigenvalue weighted by molar-refractivity contribution is 5.67. The molecule has 0 aromatic carbocycles. The van der Waals surface area contributed by atoms with Crippen LogP contribution in [0.25, 0.3) is 11.4 Å². The first-order valence-corrected chi connectivity index (χ1v) is 5.96. The molecular weight excluding hydrogens is 214 g/mol.